The van der Waals surface area contributed by atoms with Gasteiger partial charge in [-0.3, -0.25) is 4.79 Å². The van der Waals surface area contributed by atoms with Crippen LogP contribution in [-0.2, 0) is 11.2 Å². The molecule has 0 aliphatic carbocycles. The monoisotopic (exact) mass is 296 g/mol. The van der Waals surface area contributed by atoms with E-state index in [1.807, 2.05) is 11.0 Å². The molecule has 1 fully saturated rings. The van der Waals surface area contributed by atoms with Gasteiger partial charge in [-0.2, -0.15) is 0 Å². The average Bonchev–Trinajstić information content (AvgIpc) is 2.43. The van der Waals surface area contributed by atoms with Gasteiger partial charge >= 0.3 is 0 Å². The lowest BCUT2D eigenvalue weighted by atomic mass is 10.0. The molecule has 0 radical (unpaired) electrons. The predicted octanol–water partition coefficient (Wildman–Crippen LogP) is 2.64. The van der Waals surface area contributed by atoms with E-state index in [4.69, 9.17) is 0 Å². The standard InChI is InChI=1S/C16H24N2O.ClH/c1-13-14(2)18(12-11-17-13)16(19)10-6-9-15-7-4-3-5-8-15;/h3-5,7-8,13-14,17H,6,9-12H2,1-2H3;1H. The van der Waals surface area contributed by atoms with E-state index in [0.29, 0.717) is 24.4 Å². The molecule has 0 bridgehead atoms. The maximum absolute atomic E-state index is 12.2. The molecule has 2 rings (SSSR count). The van der Waals surface area contributed by atoms with E-state index in [-0.39, 0.29) is 12.4 Å². The second kappa shape index (κ2) is 8.28. The van der Waals surface area contributed by atoms with Crippen LogP contribution in [0.3, 0.4) is 0 Å². The lowest BCUT2D eigenvalue weighted by molar-refractivity contribution is -0.134. The molecule has 1 aliphatic heterocycles. The summed E-state index contributed by atoms with van der Waals surface area (Å²) in [5.41, 5.74) is 1.32. The molecule has 0 saturated carbocycles. The largest absolute Gasteiger partial charge is 0.337 e. The molecule has 20 heavy (non-hydrogen) atoms. The number of rotatable bonds is 4. The molecule has 0 aromatic heterocycles. The van der Waals surface area contributed by atoms with Crippen LogP contribution in [-0.4, -0.2) is 36.0 Å². The van der Waals surface area contributed by atoms with Crippen molar-refractivity contribution < 1.29 is 4.79 Å². The molecule has 2 unspecified atom stereocenters. The highest BCUT2D eigenvalue weighted by Gasteiger charge is 2.27. The Morgan fingerprint density at radius 3 is 2.70 bits per heavy atom. The van der Waals surface area contributed by atoms with E-state index in [1.54, 1.807) is 0 Å². The van der Waals surface area contributed by atoms with Crippen LogP contribution < -0.4 is 5.32 Å². The number of aryl methyl sites for hydroxylation is 1. The van der Waals surface area contributed by atoms with Crippen molar-refractivity contribution in [1.29, 1.82) is 0 Å². The van der Waals surface area contributed by atoms with Crippen LogP contribution in [0.2, 0.25) is 0 Å². The molecule has 4 heteroatoms. The van der Waals surface area contributed by atoms with Crippen LogP contribution in [0, 0.1) is 0 Å². The number of nitrogens with one attached hydrogen (secondary N) is 1. The molecule has 3 nitrogen and oxygen atoms in total. The zero-order chi connectivity index (χ0) is 13.7. The summed E-state index contributed by atoms with van der Waals surface area (Å²) >= 11 is 0. The maximum Gasteiger partial charge on any atom is 0.222 e. The summed E-state index contributed by atoms with van der Waals surface area (Å²) in [7, 11) is 0. The normalized spacial score (nSPS) is 22.2. The number of hydrogen-bond donors (Lipinski definition) is 1. The van der Waals surface area contributed by atoms with Gasteiger partial charge in [-0.25, -0.2) is 0 Å². The van der Waals surface area contributed by atoms with Crippen LogP contribution in [0.15, 0.2) is 30.3 Å². The van der Waals surface area contributed by atoms with E-state index in [0.717, 1.165) is 25.9 Å². The predicted molar refractivity (Wildman–Crippen MR) is 85.3 cm³/mol. The van der Waals surface area contributed by atoms with Crippen LogP contribution >= 0.6 is 12.4 Å². The molecule has 1 amide bonds. The smallest absolute Gasteiger partial charge is 0.222 e. The lowest BCUT2D eigenvalue weighted by Gasteiger charge is -2.38. The first kappa shape index (κ1) is 17.0. The summed E-state index contributed by atoms with van der Waals surface area (Å²) in [6.45, 7) is 6.03. The zero-order valence-electron chi connectivity index (χ0n) is 12.3. The van der Waals surface area contributed by atoms with Crippen molar-refractivity contribution in [3.05, 3.63) is 35.9 Å². The van der Waals surface area contributed by atoms with E-state index in [1.165, 1.54) is 5.56 Å². The van der Waals surface area contributed by atoms with Gasteiger partial charge in [-0.15, -0.1) is 12.4 Å². The quantitative estimate of drug-likeness (QED) is 0.926. The Bertz CT molecular complexity index is 410. The molecule has 1 N–H and O–H groups in total. The van der Waals surface area contributed by atoms with E-state index >= 15 is 0 Å². The van der Waals surface area contributed by atoms with Crippen LogP contribution in [0.1, 0.15) is 32.3 Å². The molecular weight excluding hydrogens is 272 g/mol. The van der Waals surface area contributed by atoms with Gasteiger partial charge in [0, 0.05) is 31.6 Å². The van der Waals surface area contributed by atoms with Crippen molar-refractivity contribution in [2.75, 3.05) is 13.1 Å². The minimum atomic E-state index is 0. The third kappa shape index (κ3) is 4.50. The van der Waals surface area contributed by atoms with Gasteiger partial charge in [0.2, 0.25) is 5.91 Å². The number of nitrogens with zero attached hydrogens (tertiary/aromatic N) is 1. The van der Waals surface area contributed by atoms with Crippen molar-refractivity contribution >= 4 is 18.3 Å². The Balaban J connectivity index is 0.00000200. The molecule has 1 aliphatic rings. The molecule has 0 spiro atoms. The summed E-state index contributed by atoms with van der Waals surface area (Å²) in [4.78, 5) is 14.3. The first-order chi connectivity index (χ1) is 9.18. The number of carbonyl (C=O) groups is 1. The van der Waals surface area contributed by atoms with Crippen molar-refractivity contribution in [1.82, 2.24) is 10.2 Å². The summed E-state index contributed by atoms with van der Waals surface area (Å²) in [5.74, 6) is 0.303. The van der Waals surface area contributed by atoms with E-state index in [2.05, 4.69) is 43.4 Å². The Hall–Kier alpha value is -1.06. The summed E-state index contributed by atoms with van der Waals surface area (Å²) < 4.78 is 0. The Labute approximate surface area is 128 Å². The van der Waals surface area contributed by atoms with Crippen LogP contribution in [0.5, 0.6) is 0 Å². The minimum Gasteiger partial charge on any atom is -0.337 e. The van der Waals surface area contributed by atoms with E-state index in [9.17, 15) is 4.79 Å². The van der Waals surface area contributed by atoms with E-state index < -0.39 is 0 Å². The highest BCUT2D eigenvalue weighted by atomic mass is 35.5. The summed E-state index contributed by atoms with van der Waals surface area (Å²) in [6.07, 6.45) is 2.59. The fraction of sp³-hybridized carbons (Fsp3) is 0.562. The number of piperazine rings is 1. The lowest BCUT2D eigenvalue weighted by Crippen LogP contribution is -2.57. The van der Waals surface area contributed by atoms with Gasteiger partial charge in [0.05, 0.1) is 0 Å². The Morgan fingerprint density at radius 2 is 2.00 bits per heavy atom. The number of benzene rings is 1. The third-order valence-electron chi connectivity index (χ3n) is 4.05. The van der Waals surface area contributed by atoms with Gasteiger partial charge in [0.15, 0.2) is 0 Å². The molecule has 1 saturated heterocycles. The minimum absolute atomic E-state index is 0. The molecule has 1 aromatic rings. The van der Waals surface area contributed by atoms with Gasteiger partial charge in [0.1, 0.15) is 0 Å². The Morgan fingerprint density at radius 1 is 1.30 bits per heavy atom. The molecular formula is C16H25ClN2O. The molecule has 2 atom stereocenters. The van der Waals surface area contributed by atoms with Gasteiger partial charge in [-0.1, -0.05) is 30.3 Å². The first-order valence-corrected chi connectivity index (χ1v) is 7.25. The highest BCUT2D eigenvalue weighted by molar-refractivity contribution is 5.85. The number of amides is 1. The first-order valence-electron chi connectivity index (χ1n) is 7.25. The van der Waals surface area contributed by atoms with Crippen LogP contribution in [0.25, 0.3) is 0 Å². The molecule has 112 valence electrons. The summed E-state index contributed by atoms with van der Waals surface area (Å²) in [5, 5.41) is 3.40. The average molecular weight is 297 g/mol. The van der Waals surface area contributed by atoms with Crippen molar-refractivity contribution in [2.45, 2.75) is 45.2 Å². The zero-order valence-corrected chi connectivity index (χ0v) is 13.2. The molecule has 1 heterocycles. The number of halogens is 1. The van der Waals surface area contributed by atoms with Crippen molar-refractivity contribution in [2.24, 2.45) is 0 Å². The molecule has 1 aromatic carbocycles. The summed E-state index contributed by atoms with van der Waals surface area (Å²) in [6, 6.07) is 11.1. The second-order valence-electron chi connectivity index (χ2n) is 5.41. The van der Waals surface area contributed by atoms with Gasteiger partial charge < -0.3 is 10.2 Å². The van der Waals surface area contributed by atoms with Crippen molar-refractivity contribution in [3.8, 4) is 0 Å². The fourth-order valence-electron chi connectivity index (χ4n) is 2.64. The Kier molecular flexibility index (Phi) is 7.03. The van der Waals surface area contributed by atoms with Crippen LogP contribution in [0.4, 0.5) is 0 Å². The number of carbonyl (C=O) groups excluding carboxylic acids is 1. The topological polar surface area (TPSA) is 32.3 Å². The number of hydrogen-bond acceptors (Lipinski definition) is 2. The second-order valence-corrected chi connectivity index (χ2v) is 5.41. The maximum atomic E-state index is 12.2. The third-order valence-corrected chi connectivity index (χ3v) is 4.05. The SMILES string of the molecule is CC1NCCN(C(=O)CCCc2ccccc2)C1C.Cl. The fourth-order valence-corrected chi connectivity index (χ4v) is 2.64. The van der Waals surface area contributed by atoms with Crippen molar-refractivity contribution in [3.63, 3.8) is 0 Å². The van der Waals surface area contributed by atoms with Gasteiger partial charge in [-0.05, 0) is 32.3 Å². The highest BCUT2D eigenvalue weighted by Crippen LogP contribution is 2.12. The van der Waals surface area contributed by atoms with Gasteiger partial charge in [0.25, 0.3) is 0 Å².